The number of nitrogens with two attached hydrogens (primary N) is 1. The number of anilines is 1. The van der Waals surface area contributed by atoms with Gasteiger partial charge in [0.15, 0.2) is 5.13 Å². The summed E-state index contributed by atoms with van der Waals surface area (Å²) >= 11 is 6.97. The summed E-state index contributed by atoms with van der Waals surface area (Å²) in [6.45, 7) is 8.39. The van der Waals surface area contributed by atoms with Gasteiger partial charge in [0.2, 0.25) is 0 Å². The minimum Gasteiger partial charge on any atom is -0.392 e. The Hall–Kier alpha value is -0.720. The van der Waals surface area contributed by atoms with Crippen molar-refractivity contribution in [3.05, 3.63) is 11.1 Å². The summed E-state index contributed by atoms with van der Waals surface area (Å²) in [5.74, 6) is 0. The highest BCUT2D eigenvalue weighted by atomic mass is 32.1. The third-order valence-corrected chi connectivity index (χ3v) is 5.04. The molecule has 1 aromatic heterocycles. The summed E-state index contributed by atoms with van der Waals surface area (Å²) in [6.07, 6.45) is 3.19. The van der Waals surface area contributed by atoms with Crippen LogP contribution < -0.4 is 10.6 Å². The van der Waals surface area contributed by atoms with E-state index in [9.17, 15) is 0 Å². The van der Waals surface area contributed by atoms with Gasteiger partial charge in [0.05, 0.1) is 16.7 Å². The maximum Gasteiger partial charge on any atom is 0.185 e. The van der Waals surface area contributed by atoms with Crippen LogP contribution >= 0.6 is 23.6 Å². The normalized spacial score (nSPS) is 18.2. The molecule has 0 spiro atoms. The predicted octanol–water partition coefficient (Wildman–Crippen LogP) is 2.28. The molecular weight excluding hydrogens is 288 g/mol. The summed E-state index contributed by atoms with van der Waals surface area (Å²) < 4.78 is 0. The zero-order valence-electron chi connectivity index (χ0n) is 12.3. The fraction of sp³-hybridized carbons (Fsp3) is 0.714. The van der Waals surface area contributed by atoms with E-state index in [4.69, 9.17) is 18.0 Å². The molecule has 2 rings (SSSR count). The summed E-state index contributed by atoms with van der Waals surface area (Å²) in [4.78, 5) is 10.1. The van der Waals surface area contributed by atoms with Crippen molar-refractivity contribution >= 4 is 33.7 Å². The standard InChI is InChI=1S/C14H24N4S2/c1-3-5-12(13(15)19)17-6-8-18(9-7-17)14-16-11(4-2)10-20-14/h10,12H,3-9H2,1-2H3,(H2,15,19). The van der Waals surface area contributed by atoms with E-state index in [0.717, 1.165) is 50.6 Å². The van der Waals surface area contributed by atoms with Crippen molar-refractivity contribution < 1.29 is 0 Å². The van der Waals surface area contributed by atoms with Gasteiger partial charge in [-0.25, -0.2) is 4.98 Å². The molecule has 1 atom stereocenters. The van der Waals surface area contributed by atoms with Crippen molar-refractivity contribution in [3.8, 4) is 0 Å². The Labute approximate surface area is 131 Å². The van der Waals surface area contributed by atoms with Gasteiger partial charge in [0, 0.05) is 31.6 Å². The first-order chi connectivity index (χ1) is 9.65. The molecule has 0 aromatic carbocycles. The lowest BCUT2D eigenvalue weighted by molar-refractivity contribution is 0.219. The molecule has 4 nitrogen and oxygen atoms in total. The summed E-state index contributed by atoms with van der Waals surface area (Å²) in [6, 6.07) is 0.264. The second kappa shape index (κ2) is 7.33. The third-order valence-electron chi connectivity index (χ3n) is 3.82. The average Bonchev–Trinajstić information content (AvgIpc) is 2.93. The predicted molar refractivity (Wildman–Crippen MR) is 90.8 cm³/mol. The van der Waals surface area contributed by atoms with E-state index >= 15 is 0 Å². The SMILES string of the molecule is CCCC(C(N)=S)N1CCN(c2nc(CC)cs2)CC1. The zero-order chi connectivity index (χ0) is 14.5. The van der Waals surface area contributed by atoms with E-state index in [1.165, 1.54) is 5.69 Å². The van der Waals surface area contributed by atoms with E-state index < -0.39 is 0 Å². The van der Waals surface area contributed by atoms with Gasteiger partial charge in [0.25, 0.3) is 0 Å². The first-order valence-corrected chi connectivity index (χ1v) is 8.67. The highest BCUT2D eigenvalue weighted by Crippen LogP contribution is 2.23. The Morgan fingerprint density at radius 3 is 2.60 bits per heavy atom. The van der Waals surface area contributed by atoms with Crippen LogP contribution in [-0.2, 0) is 6.42 Å². The van der Waals surface area contributed by atoms with Crippen LogP contribution in [0.2, 0.25) is 0 Å². The Kier molecular flexibility index (Phi) is 5.74. The average molecular weight is 313 g/mol. The van der Waals surface area contributed by atoms with Crippen LogP contribution in [0, 0.1) is 0 Å². The monoisotopic (exact) mass is 312 g/mol. The summed E-state index contributed by atoms with van der Waals surface area (Å²) in [7, 11) is 0. The molecule has 0 aliphatic carbocycles. The maximum absolute atomic E-state index is 5.89. The van der Waals surface area contributed by atoms with Crippen LogP contribution in [0.4, 0.5) is 5.13 Å². The Bertz CT molecular complexity index is 438. The van der Waals surface area contributed by atoms with Crippen LogP contribution in [-0.4, -0.2) is 47.1 Å². The van der Waals surface area contributed by atoms with Crippen LogP contribution in [0.1, 0.15) is 32.4 Å². The molecule has 1 aromatic rings. The zero-order valence-corrected chi connectivity index (χ0v) is 14.0. The minimum absolute atomic E-state index is 0.264. The number of hydrogen-bond acceptors (Lipinski definition) is 5. The lowest BCUT2D eigenvalue weighted by Gasteiger charge is -2.38. The van der Waals surface area contributed by atoms with E-state index in [1.807, 2.05) is 0 Å². The smallest absolute Gasteiger partial charge is 0.185 e. The van der Waals surface area contributed by atoms with Crippen LogP contribution in [0.15, 0.2) is 5.38 Å². The number of nitrogens with zero attached hydrogens (tertiary/aromatic N) is 3. The van der Waals surface area contributed by atoms with Gasteiger partial charge in [-0.1, -0.05) is 32.5 Å². The van der Waals surface area contributed by atoms with E-state index in [-0.39, 0.29) is 6.04 Å². The Morgan fingerprint density at radius 2 is 2.10 bits per heavy atom. The number of hydrogen-bond donors (Lipinski definition) is 1. The van der Waals surface area contributed by atoms with Crippen molar-refractivity contribution in [2.75, 3.05) is 31.1 Å². The summed E-state index contributed by atoms with van der Waals surface area (Å²) in [5.41, 5.74) is 7.08. The molecule has 2 heterocycles. The van der Waals surface area contributed by atoms with Gasteiger partial charge in [-0.3, -0.25) is 4.90 Å². The topological polar surface area (TPSA) is 45.4 Å². The molecule has 6 heteroatoms. The molecule has 1 saturated heterocycles. The molecule has 1 fully saturated rings. The molecule has 0 saturated carbocycles. The van der Waals surface area contributed by atoms with Crippen LogP contribution in [0.5, 0.6) is 0 Å². The summed E-state index contributed by atoms with van der Waals surface area (Å²) in [5, 5.41) is 3.32. The first-order valence-electron chi connectivity index (χ1n) is 7.38. The quantitative estimate of drug-likeness (QED) is 0.817. The van der Waals surface area contributed by atoms with Gasteiger partial charge in [0.1, 0.15) is 0 Å². The lowest BCUT2D eigenvalue weighted by Crippen LogP contribution is -2.53. The molecule has 2 N–H and O–H groups in total. The van der Waals surface area contributed by atoms with Crippen molar-refractivity contribution in [2.24, 2.45) is 5.73 Å². The molecular formula is C14H24N4S2. The maximum atomic E-state index is 5.89. The molecule has 20 heavy (non-hydrogen) atoms. The second-order valence-electron chi connectivity index (χ2n) is 5.20. The molecule has 1 aliphatic rings. The molecule has 0 bridgehead atoms. The number of thiocarbonyl (C=S) groups is 1. The van der Waals surface area contributed by atoms with Gasteiger partial charge >= 0.3 is 0 Å². The van der Waals surface area contributed by atoms with Gasteiger partial charge in [-0.15, -0.1) is 11.3 Å². The van der Waals surface area contributed by atoms with E-state index in [0.29, 0.717) is 4.99 Å². The fourth-order valence-electron chi connectivity index (χ4n) is 2.61. The second-order valence-corrected chi connectivity index (χ2v) is 6.51. The third kappa shape index (κ3) is 3.68. The van der Waals surface area contributed by atoms with Crippen LogP contribution in [0.25, 0.3) is 0 Å². The number of aromatic nitrogens is 1. The van der Waals surface area contributed by atoms with Crippen molar-refractivity contribution in [1.29, 1.82) is 0 Å². The first kappa shape index (κ1) is 15.7. The van der Waals surface area contributed by atoms with Crippen molar-refractivity contribution in [1.82, 2.24) is 9.88 Å². The van der Waals surface area contributed by atoms with E-state index in [2.05, 4.69) is 34.0 Å². The van der Waals surface area contributed by atoms with E-state index in [1.54, 1.807) is 11.3 Å². The van der Waals surface area contributed by atoms with Gasteiger partial charge < -0.3 is 10.6 Å². The minimum atomic E-state index is 0.264. The Balaban J connectivity index is 1.92. The molecule has 0 radical (unpaired) electrons. The highest BCUT2D eigenvalue weighted by molar-refractivity contribution is 7.80. The number of aryl methyl sites for hydroxylation is 1. The van der Waals surface area contributed by atoms with Gasteiger partial charge in [-0.05, 0) is 12.8 Å². The number of rotatable bonds is 6. The fourth-order valence-corrected chi connectivity index (χ4v) is 3.84. The number of piperazine rings is 1. The van der Waals surface area contributed by atoms with Crippen molar-refractivity contribution in [3.63, 3.8) is 0 Å². The largest absolute Gasteiger partial charge is 0.392 e. The van der Waals surface area contributed by atoms with Gasteiger partial charge in [-0.2, -0.15) is 0 Å². The molecule has 1 aliphatic heterocycles. The van der Waals surface area contributed by atoms with Crippen molar-refractivity contribution in [2.45, 2.75) is 39.2 Å². The Morgan fingerprint density at radius 1 is 1.40 bits per heavy atom. The van der Waals surface area contributed by atoms with Crippen LogP contribution in [0.3, 0.4) is 0 Å². The molecule has 1 unspecified atom stereocenters. The molecule has 112 valence electrons. The lowest BCUT2D eigenvalue weighted by atomic mass is 10.1. The number of thiazole rings is 1. The molecule has 0 amide bonds. The highest BCUT2D eigenvalue weighted by Gasteiger charge is 2.26.